The van der Waals surface area contributed by atoms with Crippen LogP contribution in [0.2, 0.25) is 0 Å². The quantitative estimate of drug-likeness (QED) is 0.316. The summed E-state index contributed by atoms with van der Waals surface area (Å²) in [5, 5.41) is 0. The lowest BCUT2D eigenvalue weighted by molar-refractivity contribution is -0.107. The molecule has 0 N–H and O–H groups in total. The molecule has 2 nitrogen and oxygen atoms in total. The summed E-state index contributed by atoms with van der Waals surface area (Å²) >= 11 is 0. The Morgan fingerprint density at radius 1 is 1.56 bits per heavy atom. The van der Waals surface area contributed by atoms with Crippen LogP contribution in [0.5, 0.6) is 0 Å². The Labute approximate surface area is 55.2 Å². The summed E-state index contributed by atoms with van der Waals surface area (Å²) < 4.78 is 5.00. The third kappa shape index (κ3) is 3.25. The Morgan fingerprint density at radius 2 is 2.33 bits per heavy atom. The summed E-state index contributed by atoms with van der Waals surface area (Å²) in [6.45, 7) is 0.946. The van der Waals surface area contributed by atoms with Crippen molar-refractivity contribution in [3.8, 4) is 0 Å². The molecule has 1 heterocycles. The highest BCUT2D eigenvalue weighted by Gasteiger charge is 2.20. The molecule has 0 aromatic carbocycles. The normalized spacial score (nSPS) is 23.8. The van der Waals surface area contributed by atoms with Gasteiger partial charge in [-0.25, -0.2) is 0 Å². The molecular formula is C7H12O2. The standard InChI is InChI=1S/C7H12O2/c8-5-3-1-2-4-7-6-9-7/h5,7H,1-4,6H2. The van der Waals surface area contributed by atoms with Crippen LogP contribution in [-0.4, -0.2) is 19.0 Å². The van der Waals surface area contributed by atoms with Crippen LogP contribution < -0.4 is 0 Å². The Morgan fingerprint density at radius 3 is 2.89 bits per heavy atom. The zero-order chi connectivity index (χ0) is 6.53. The lowest BCUT2D eigenvalue weighted by Gasteiger charge is -1.90. The molecule has 0 spiro atoms. The van der Waals surface area contributed by atoms with E-state index in [2.05, 4.69) is 0 Å². The van der Waals surface area contributed by atoms with Crippen molar-refractivity contribution in [2.75, 3.05) is 6.61 Å². The molecule has 9 heavy (non-hydrogen) atoms. The molecule has 0 radical (unpaired) electrons. The van der Waals surface area contributed by atoms with Gasteiger partial charge in [-0.2, -0.15) is 0 Å². The summed E-state index contributed by atoms with van der Waals surface area (Å²) in [4.78, 5) is 9.83. The van der Waals surface area contributed by atoms with Gasteiger partial charge in [0.1, 0.15) is 6.29 Å². The molecular weight excluding hydrogens is 116 g/mol. The highest BCUT2D eigenvalue weighted by atomic mass is 16.6. The number of ether oxygens (including phenoxy) is 1. The third-order valence-electron chi connectivity index (χ3n) is 1.50. The maximum Gasteiger partial charge on any atom is 0.119 e. The Balaban J connectivity index is 1.75. The molecule has 0 aromatic heterocycles. The van der Waals surface area contributed by atoms with Gasteiger partial charge in [-0.3, -0.25) is 0 Å². The number of rotatable bonds is 5. The molecule has 1 aliphatic rings. The summed E-state index contributed by atoms with van der Waals surface area (Å²) in [6.07, 6.45) is 5.55. The second-order valence-electron chi connectivity index (χ2n) is 2.41. The molecule has 0 bridgehead atoms. The van der Waals surface area contributed by atoms with Gasteiger partial charge < -0.3 is 9.53 Å². The third-order valence-corrected chi connectivity index (χ3v) is 1.50. The first-order valence-corrected chi connectivity index (χ1v) is 3.48. The number of unbranched alkanes of at least 4 members (excludes halogenated alkanes) is 2. The van der Waals surface area contributed by atoms with Gasteiger partial charge in [0, 0.05) is 6.42 Å². The largest absolute Gasteiger partial charge is 0.373 e. The molecule has 1 fully saturated rings. The van der Waals surface area contributed by atoms with Crippen LogP contribution in [0, 0.1) is 0 Å². The fraction of sp³-hybridized carbons (Fsp3) is 0.857. The van der Waals surface area contributed by atoms with Gasteiger partial charge >= 0.3 is 0 Å². The first kappa shape index (κ1) is 6.75. The molecule has 0 aliphatic carbocycles. The van der Waals surface area contributed by atoms with Gasteiger partial charge in [0.15, 0.2) is 0 Å². The summed E-state index contributed by atoms with van der Waals surface area (Å²) in [5.41, 5.74) is 0. The number of hydrogen-bond donors (Lipinski definition) is 0. The van der Waals surface area contributed by atoms with E-state index in [1.807, 2.05) is 0 Å². The van der Waals surface area contributed by atoms with Gasteiger partial charge in [0.25, 0.3) is 0 Å². The van der Waals surface area contributed by atoms with Crippen LogP contribution in [0.25, 0.3) is 0 Å². The molecule has 0 aromatic rings. The summed E-state index contributed by atoms with van der Waals surface area (Å²) in [6, 6.07) is 0. The van der Waals surface area contributed by atoms with Crippen molar-refractivity contribution in [3.05, 3.63) is 0 Å². The highest BCUT2D eigenvalue weighted by molar-refractivity contribution is 5.48. The predicted octanol–water partition coefficient (Wildman–Crippen LogP) is 1.14. The van der Waals surface area contributed by atoms with Crippen LogP contribution in [0.3, 0.4) is 0 Å². The van der Waals surface area contributed by atoms with Gasteiger partial charge in [-0.05, 0) is 12.8 Å². The van der Waals surface area contributed by atoms with E-state index in [1.54, 1.807) is 0 Å². The van der Waals surface area contributed by atoms with Gasteiger partial charge in [-0.1, -0.05) is 6.42 Å². The summed E-state index contributed by atoms with van der Waals surface area (Å²) in [7, 11) is 0. The molecule has 1 saturated heterocycles. The second-order valence-corrected chi connectivity index (χ2v) is 2.41. The van der Waals surface area contributed by atoms with E-state index in [-0.39, 0.29) is 0 Å². The van der Waals surface area contributed by atoms with E-state index in [0.29, 0.717) is 12.5 Å². The van der Waals surface area contributed by atoms with Crippen molar-refractivity contribution in [3.63, 3.8) is 0 Å². The van der Waals surface area contributed by atoms with E-state index in [1.165, 1.54) is 0 Å². The minimum Gasteiger partial charge on any atom is -0.373 e. The topological polar surface area (TPSA) is 29.6 Å². The average molecular weight is 128 g/mol. The Kier molecular flexibility index (Phi) is 2.71. The van der Waals surface area contributed by atoms with Crippen molar-refractivity contribution in [2.45, 2.75) is 31.8 Å². The van der Waals surface area contributed by atoms with Crippen molar-refractivity contribution in [1.29, 1.82) is 0 Å². The van der Waals surface area contributed by atoms with E-state index in [0.717, 1.165) is 32.2 Å². The van der Waals surface area contributed by atoms with Gasteiger partial charge in [0.05, 0.1) is 12.7 Å². The number of aldehydes is 1. The van der Waals surface area contributed by atoms with E-state index < -0.39 is 0 Å². The van der Waals surface area contributed by atoms with Crippen LogP contribution in [0.4, 0.5) is 0 Å². The fourth-order valence-electron chi connectivity index (χ4n) is 0.834. The molecule has 0 saturated carbocycles. The van der Waals surface area contributed by atoms with Crippen LogP contribution >= 0.6 is 0 Å². The average Bonchev–Trinajstić information content (AvgIpc) is 2.63. The highest BCUT2D eigenvalue weighted by Crippen LogP contribution is 2.16. The van der Waals surface area contributed by atoms with Gasteiger partial charge in [0.2, 0.25) is 0 Å². The van der Waals surface area contributed by atoms with Crippen molar-refractivity contribution < 1.29 is 9.53 Å². The first-order chi connectivity index (χ1) is 4.43. The molecule has 2 heteroatoms. The maximum atomic E-state index is 9.83. The number of carbonyl (C=O) groups excluding carboxylic acids is 1. The Hall–Kier alpha value is -0.370. The SMILES string of the molecule is O=CCCCCC1CO1. The molecule has 1 rings (SSSR count). The Bertz CT molecular complexity index is 86.9. The zero-order valence-corrected chi connectivity index (χ0v) is 5.51. The minimum absolute atomic E-state index is 0.539. The first-order valence-electron chi connectivity index (χ1n) is 3.48. The van der Waals surface area contributed by atoms with Crippen LogP contribution in [0.1, 0.15) is 25.7 Å². The zero-order valence-electron chi connectivity index (χ0n) is 5.51. The van der Waals surface area contributed by atoms with Crippen molar-refractivity contribution in [1.82, 2.24) is 0 Å². The summed E-state index contributed by atoms with van der Waals surface area (Å²) in [5.74, 6) is 0. The monoisotopic (exact) mass is 128 g/mol. The van der Waals surface area contributed by atoms with Crippen molar-refractivity contribution in [2.24, 2.45) is 0 Å². The van der Waals surface area contributed by atoms with Crippen LogP contribution in [0.15, 0.2) is 0 Å². The molecule has 1 aliphatic heterocycles. The number of hydrogen-bond acceptors (Lipinski definition) is 2. The molecule has 1 unspecified atom stereocenters. The predicted molar refractivity (Wildman–Crippen MR) is 34.3 cm³/mol. The van der Waals surface area contributed by atoms with E-state index >= 15 is 0 Å². The van der Waals surface area contributed by atoms with Crippen molar-refractivity contribution >= 4 is 6.29 Å². The lowest BCUT2D eigenvalue weighted by atomic mass is 10.2. The van der Waals surface area contributed by atoms with E-state index in [9.17, 15) is 4.79 Å². The molecule has 0 amide bonds. The van der Waals surface area contributed by atoms with Crippen LogP contribution in [-0.2, 0) is 9.53 Å². The van der Waals surface area contributed by atoms with Gasteiger partial charge in [-0.15, -0.1) is 0 Å². The maximum absolute atomic E-state index is 9.83. The fourth-order valence-corrected chi connectivity index (χ4v) is 0.834. The number of epoxide rings is 1. The smallest absolute Gasteiger partial charge is 0.119 e. The number of carbonyl (C=O) groups is 1. The molecule has 52 valence electrons. The van der Waals surface area contributed by atoms with E-state index in [4.69, 9.17) is 4.74 Å². The molecule has 1 atom stereocenters. The minimum atomic E-state index is 0.539. The lowest BCUT2D eigenvalue weighted by Crippen LogP contribution is -1.85. The second kappa shape index (κ2) is 3.62.